The van der Waals surface area contributed by atoms with Crippen molar-refractivity contribution in [2.24, 2.45) is 11.8 Å². The lowest BCUT2D eigenvalue weighted by Crippen LogP contribution is -2.16. The van der Waals surface area contributed by atoms with E-state index in [1.54, 1.807) is 13.0 Å². The van der Waals surface area contributed by atoms with Crippen LogP contribution in [0.2, 0.25) is 0 Å². The topological polar surface area (TPSA) is 74.6 Å². The van der Waals surface area contributed by atoms with Crippen LogP contribution in [0.25, 0.3) is 0 Å². The Morgan fingerprint density at radius 3 is 1.90 bits per heavy atom. The molecule has 0 saturated carbocycles. The first-order valence-corrected chi connectivity index (χ1v) is 7.27. The maximum atomic E-state index is 11.5. The van der Waals surface area contributed by atoms with Crippen molar-refractivity contribution in [2.45, 2.75) is 47.5 Å². The van der Waals surface area contributed by atoms with E-state index < -0.39 is 11.9 Å². The highest BCUT2D eigenvalue weighted by Crippen LogP contribution is 2.27. The van der Waals surface area contributed by atoms with Gasteiger partial charge in [-0.05, 0) is 54.4 Å². The molecule has 0 unspecified atom stereocenters. The van der Waals surface area contributed by atoms with Crippen molar-refractivity contribution in [3.05, 3.63) is 33.9 Å². The molecular weight excluding hydrogens is 268 g/mol. The lowest BCUT2D eigenvalue weighted by atomic mass is 9.85. The standard InChI is InChI=1S/C17H24O4/c1-9(2)6-12-8-14(16(18)19)15(17(20)21)11(5)13(12)7-10(3)4/h8-10H,6-7H2,1-5H3,(H,18,19)(H,20,21). The molecule has 0 aliphatic rings. The second-order valence-corrected chi connectivity index (χ2v) is 6.37. The van der Waals surface area contributed by atoms with Crippen molar-refractivity contribution in [3.8, 4) is 0 Å². The predicted molar refractivity (Wildman–Crippen MR) is 82.2 cm³/mol. The average molecular weight is 292 g/mol. The molecule has 0 aromatic heterocycles. The number of carboxylic acids is 2. The van der Waals surface area contributed by atoms with E-state index in [-0.39, 0.29) is 11.1 Å². The molecule has 21 heavy (non-hydrogen) atoms. The minimum absolute atomic E-state index is 0.0781. The molecule has 0 radical (unpaired) electrons. The molecule has 1 aromatic rings. The van der Waals surface area contributed by atoms with Crippen molar-refractivity contribution in [1.29, 1.82) is 0 Å². The summed E-state index contributed by atoms with van der Waals surface area (Å²) in [6.07, 6.45) is 1.51. The zero-order chi connectivity index (χ0) is 16.3. The Bertz CT molecular complexity index is 556. The number of benzene rings is 1. The van der Waals surface area contributed by atoms with Gasteiger partial charge in [-0.2, -0.15) is 0 Å². The molecule has 4 nitrogen and oxygen atoms in total. The van der Waals surface area contributed by atoms with Crippen molar-refractivity contribution < 1.29 is 19.8 Å². The van der Waals surface area contributed by atoms with Crippen LogP contribution in [0.1, 0.15) is 65.1 Å². The monoisotopic (exact) mass is 292 g/mol. The number of carboxylic acid groups (broad SMARTS) is 2. The molecule has 0 atom stereocenters. The van der Waals surface area contributed by atoms with Gasteiger partial charge in [-0.15, -0.1) is 0 Å². The van der Waals surface area contributed by atoms with E-state index in [0.29, 0.717) is 17.4 Å². The van der Waals surface area contributed by atoms with Crippen LogP contribution in [0.4, 0.5) is 0 Å². The molecule has 0 spiro atoms. The molecule has 116 valence electrons. The van der Waals surface area contributed by atoms with Gasteiger partial charge in [0, 0.05) is 0 Å². The smallest absolute Gasteiger partial charge is 0.336 e. The van der Waals surface area contributed by atoms with E-state index >= 15 is 0 Å². The van der Waals surface area contributed by atoms with Crippen molar-refractivity contribution >= 4 is 11.9 Å². The number of hydrogen-bond acceptors (Lipinski definition) is 2. The number of rotatable bonds is 6. The molecule has 0 bridgehead atoms. The molecule has 0 saturated heterocycles. The highest BCUT2D eigenvalue weighted by molar-refractivity contribution is 6.03. The van der Waals surface area contributed by atoms with Crippen molar-refractivity contribution in [2.75, 3.05) is 0 Å². The number of aromatic carboxylic acids is 2. The zero-order valence-corrected chi connectivity index (χ0v) is 13.4. The summed E-state index contributed by atoms with van der Waals surface area (Å²) in [4.78, 5) is 22.8. The van der Waals surface area contributed by atoms with Crippen LogP contribution in [0.15, 0.2) is 6.07 Å². The second kappa shape index (κ2) is 6.74. The van der Waals surface area contributed by atoms with Gasteiger partial charge in [-0.25, -0.2) is 9.59 Å². The van der Waals surface area contributed by atoms with Crippen molar-refractivity contribution in [3.63, 3.8) is 0 Å². The SMILES string of the molecule is Cc1c(CC(C)C)c(CC(C)C)cc(C(=O)O)c1C(=O)O. The van der Waals surface area contributed by atoms with Crippen molar-refractivity contribution in [1.82, 2.24) is 0 Å². The Morgan fingerprint density at radius 2 is 1.52 bits per heavy atom. The van der Waals surface area contributed by atoms with Crippen LogP contribution in [-0.4, -0.2) is 22.2 Å². The van der Waals surface area contributed by atoms with E-state index in [1.807, 2.05) is 0 Å². The van der Waals surface area contributed by atoms with E-state index in [2.05, 4.69) is 27.7 Å². The highest BCUT2D eigenvalue weighted by Gasteiger charge is 2.24. The molecule has 4 heteroatoms. The quantitative estimate of drug-likeness (QED) is 0.836. The van der Waals surface area contributed by atoms with Gasteiger partial charge in [-0.1, -0.05) is 27.7 Å². The maximum Gasteiger partial charge on any atom is 0.336 e. The molecule has 2 N–H and O–H groups in total. The van der Waals surface area contributed by atoms with Gasteiger partial charge in [0.2, 0.25) is 0 Å². The van der Waals surface area contributed by atoms with Crippen LogP contribution in [0.3, 0.4) is 0 Å². The maximum absolute atomic E-state index is 11.5. The third-order valence-electron chi connectivity index (χ3n) is 3.49. The summed E-state index contributed by atoms with van der Waals surface area (Å²) in [6.45, 7) is 10.0. The summed E-state index contributed by atoms with van der Waals surface area (Å²) in [7, 11) is 0. The Morgan fingerprint density at radius 1 is 1.00 bits per heavy atom. The largest absolute Gasteiger partial charge is 0.478 e. The van der Waals surface area contributed by atoms with Gasteiger partial charge in [0.1, 0.15) is 0 Å². The van der Waals surface area contributed by atoms with Gasteiger partial charge in [0.25, 0.3) is 0 Å². The first-order chi connectivity index (χ1) is 9.65. The summed E-state index contributed by atoms with van der Waals surface area (Å²) < 4.78 is 0. The third-order valence-corrected chi connectivity index (χ3v) is 3.49. The van der Waals surface area contributed by atoms with Crippen LogP contribution >= 0.6 is 0 Å². The zero-order valence-electron chi connectivity index (χ0n) is 13.4. The minimum atomic E-state index is -1.18. The van der Waals surface area contributed by atoms with Gasteiger partial charge in [0.15, 0.2) is 0 Å². The van der Waals surface area contributed by atoms with Crippen LogP contribution in [0.5, 0.6) is 0 Å². The second-order valence-electron chi connectivity index (χ2n) is 6.37. The summed E-state index contributed by atoms with van der Waals surface area (Å²) in [6, 6.07) is 1.55. The molecule has 0 amide bonds. The van der Waals surface area contributed by atoms with Crippen LogP contribution in [0, 0.1) is 18.8 Å². The fraction of sp³-hybridized carbons (Fsp3) is 0.529. The Labute approximate surface area is 125 Å². The first-order valence-electron chi connectivity index (χ1n) is 7.27. The predicted octanol–water partition coefficient (Wildman–Crippen LogP) is 3.79. The Hall–Kier alpha value is -1.84. The van der Waals surface area contributed by atoms with Gasteiger partial charge >= 0.3 is 11.9 Å². The van der Waals surface area contributed by atoms with Gasteiger partial charge < -0.3 is 10.2 Å². The molecular formula is C17H24O4. The molecule has 0 fully saturated rings. The Balaban J connectivity index is 3.62. The van der Waals surface area contributed by atoms with Crippen LogP contribution in [-0.2, 0) is 12.8 Å². The fourth-order valence-electron chi connectivity index (χ4n) is 2.69. The summed E-state index contributed by atoms with van der Waals surface area (Å²) in [5.74, 6) is -1.60. The minimum Gasteiger partial charge on any atom is -0.478 e. The number of hydrogen-bond donors (Lipinski definition) is 2. The van der Waals surface area contributed by atoms with E-state index in [0.717, 1.165) is 24.0 Å². The molecule has 1 rings (SSSR count). The number of carbonyl (C=O) groups is 2. The van der Waals surface area contributed by atoms with Gasteiger partial charge in [-0.3, -0.25) is 0 Å². The lowest BCUT2D eigenvalue weighted by molar-refractivity contribution is 0.0650. The third kappa shape index (κ3) is 4.06. The highest BCUT2D eigenvalue weighted by atomic mass is 16.4. The Kier molecular flexibility index (Phi) is 5.53. The van der Waals surface area contributed by atoms with E-state index in [4.69, 9.17) is 0 Å². The molecule has 1 aromatic carbocycles. The summed E-state index contributed by atoms with van der Waals surface area (Å²) >= 11 is 0. The fourth-order valence-corrected chi connectivity index (χ4v) is 2.69. The molecule has 0 heterocycles. The van der Waals surface area contributed by atoms with E-state index in [9.17, 15) is 19.8 Å². The van der Waals surface area contributed by atoms with Crippen LogP contribution < -0.4 is 0 Å². The first kappa shape index (κ1) is 17.2. The molecule has 0 aliphatic heterocycles. The lowest BCUT2D eigenvalue weighted by Gasteiger charge is -2.19. The summed E-state index contributed by atoms with van der Waals surface area (Å²) in [5.41, 5.74) is 2.35. The molecule has 0 aliphatic carbocycles. The normalized spacial score (nSPS) is 11.2. The summed E-state index contributed by atoms with van der Waals surface area (Å²) in [5, 5.41) is 18.7. The van der Waals surface area contributed by atoms with Gasteiger partial charge in [0.05, 0.1) is 11.1 Å². The average Bonchev–Trinajstić information content (AvgIpc) is 2.31. The van der Waals surface area contributed by atoms with E-state index in [1.165, 1.54) is 0 Å².